The zero-order valence-corrected chi connectivity index (χ0v) is 9.50. The van der Waals surface area contributed by atoms with Gasteiger partial charge in [0.25, 0.3) is 0 Å². The van der Waals surface area contributed by atoms with Crippen LogP contribution in [-0.4, -0.2) is 19.5 Å². The van der Waals surface area contributed by atoms with E-state index in [9.17, 15) is 17.6 Å². The molecule has 6 heteroatoms. The van der Waals surface area contributed by atoms with Crippen molar-refractivity contribution in [3.63, 3.8) is 0 Å². The van der Waals surface area contributed by atoms with Gasteiger partial charge in [0, 0.05) is 5.56 Å². The second-order valence-corrected chi connectivity index (χ2v) is 5.63. The van der Waals surface area contributed by atoms with Crippen molar-refractivity contribution in [1.82, 2.24) is 0 Å². The van der Waals surface area contributed by atoms with E-state index in [4.69, 9.17) is 5.11 Å². The van der Waals surface area contributed by atoms with Crippen molar-refractivity contribution < 1.29 is 22.7 Å². The minimum absolute atomic E-state index is 0.0212. The number of allylic oxidation sites excluding steroid dienone is 1. The van der Waals surface area contributed by atoms with Gasteiger partial charge in [-0.15, -0.1) is 0 Å². The summed E-state index contributed by atoms with van der Waals surface area (Å²) in [6.07, 6.45) is 0.801. The summed E-state index contributed by atoms with van der Waals surface area (Å²) in [6.45, 7) is 0. The van der Waals surface area contributed by atoms with E-state index in [1.807, 2.05) is 0 Å². The predicted octanol–water partition coefficient (Wildman–Crippen LogP) is 1.82. The highest BCUT2D eigenvalue weighted by Crippen LogP contribution is 2.36. The zero-order valence-electron chi connectivity index (χ0n) is 8.68. The molecule has 0 saturated carbocycles. The highest BCUT2D eigenvalue weighted by atomic mass is 32.2. The van der Waals surface area contributed by atoms with Crippen molar-refractivity contribution in [3.05, 3.63) is 34.5 Å². The minimum Gasteiger partial charge on any atom is -0.481 e. The van der Waals surface area contributed by atoms with Crippen LogP contribution in [0.1, 0.15) is 18.4 Å². The normalized spacial score (nSPS) is 16.4. The molecule has 90 valence electrons. The number of sulfone groups is 1. The molecule has 0 bridgehead atoms. The number of carbonyl (C=O) groups is 1. The van der Waals surface area contributed by atoms with Gasteiger partial charge in [0.15, 0.2) is 0 Å². The van der Waals surface area contributed by atoms with Crippen molar-refractivity contribution in [1.29, 1.82) is 0 Å². The highest BCUT2D eigenvalue weighted by Gasteiger charge is 2.31. The molecule has 0 fully saturated rings. The first-order chi connectivity index (χ1) is 7.93. The molecule has 1 aliphatic rings. The molecule has 1 aromatic rings. The lowest BCUT2D eigenvalue weighted by molar-refractivity contribution is -0.136. The smallest absolute Gasteiger partial charge is 0.303 e. The van der Waals surface area contributed by atoms with Gasteiger partial charge in [0.05, 0.1) is 16.2 Å². The summed E-state index contributed by atoms with van der Waals surface area (Å²) in [5.74, 6) is -1.70. The van der Waals surface area contributed by atoms with Gasteiger partial charge in [-0.25, -0.2) is 12.8 Å². The first kappa shape index (κ1) is 11.8. The number of benzene rings is 1. The fraction of sp³-hybridized carbons (Fsp3) is 0.182. The Hall–Kier alpha value is -1.69. The largest absolute Gasteiger partial charge is 0.481 e. The Morgan fingerprint density at radius 2 is 2.06 bits per heavy atom. The monoisotopic (exact) mass is 256 g/mol. The van der Waals surface area contributed by atoms with Crippen LogP contribution in [0.15, 0.2) is 28.0 Å². The molecule has 1 aliphatic heterocycles. The van der Waals surface area contributed by atoms with Gasteiger partial charge in [0.2, 0.25) is 9.84 Å². The molecule has 0 atom stereocenters. The Labute approximate surface area is 97.3 Å². The Morgan fingerprint density at radius 1 is 1.35 bits per heavy atom. The summed E-state index contributed by atoms with van der Waals surface area (Å²) in [5.41, 5.74) is 0.0212. The maximum absolute atomic E-state index is 13.4. The van der Waals surface area contributed by atoms with E-state index >= 15 is 0 Å². The van der Waals surface area contributed by atoms with Crippen LogP contribution in [0.4, 0.5) is 4.39 Å². The van der Waals surface area contributed by atoms with E-state index in [-0.39, 0.29) is 28.2 Å². The lowest BCUT2D eigenvalue weighted by Gasteiger charge is -2.01. The van der Waals surface area contributed by atoms with Crippen molar-refractivity contribution in [2.75, 3.05) is 0 Å². The maximum atomic E-state index is 13.4. The topological polar surface area (TPSA) is 71.4 Å². The first-order valence-corrected chi connectivity index (χ1v) is 6.37. The van der Waals surface area contributed by atoms with E-state index < -0.39 is 21.6 Å². The Balaban J connectivity index is 2.44. The van der Waals surface area contributed by atoms with Crippen LogP contribution in [-0.2, 0) is 14.6 Å². The summed E-state index contributed by atoms with van der Waals surface area (Å²) in [6, 6.07) is 3.81. The first-order valence-electron chi connectivity index (χ1n) is 4.89. The number of hydrogen-bond donors (Lipinski definition) is 1. The predicted molar refractivity (Wildman–Crippen MR) is 58.4 cm³/mol. The number of aliphatic carboxylic acids is 1. The van der Waals surface area contributed by atoms with Gasteiger partial charge >= 0.3 is 5.97 Å². The number of fused-ring (bicyclic) bond motifs is 1. The summed E-state index contributed by atoms with van der Waals surface area (Å²) in [7, 11) is -3.71. The Morgan fingerprint density at radius 3 is 2.65 bits per heavy atom. The van der Waals surface area contributed by atoms with Crippen LogP contribution in [0, 0.1) is 5.82 Å². The fourth-order valence-corrected chi connectivity index (χ4v) is 3.34. The molecule has 0 spiro atoms. The number of carboxylic acids is 1. The van der Waals surface area contributed by atoms with Crippen molar-refractivity contribution in [3.8, 4) is 0 Å². The van der Waals surface area contributed by atoms with Gasteiger partial charge in [-0.2, -0.15) is 0 Å². The third-order valence-electron chi connectivity index (χ3n) is 2.54. The molecule has 0 unspecified atom stereocenters. The van der Waals surface area contributed by atoms with Gasteiger partial charge < -0.3 is 5.11 Å². The van der Waals surface area contributed by atoms with Crippen LogP contribution in [0.25, 0.3) is 6.08 Å². The molecular weight excluding hydrogens is 247 g/mol. The van der Waals surface area contributed by atoms with Crippen LogP contribution >= 0.6 is 0 Å². The van der Waals surface area contributed by atoms with E-state index in [0.717, 1.165) is 0 Å². The molecule has 1 N–H and O–H groups in total. The average molecular weight is 256 g/mol. The molecular formula is C11H9FO4S. The van der Waals surface area contributed by atoms with Gasteiger partial charge in [-0.05, 0) is 24.6 Å². The zero-order chi connectivity index (χ0) is 12.6. The number of halogens is 1. The second kappa shape index (κ2) is 3.96. The summed E-state index contributed by atoms with van der Waals surface area (Å²) in [5, 5.41) is 8.52. The Bertz CT molecular complexity index is 616. The fourth-order valence-electron chi connectivity index (χ4n) is 1.71. The van der Waals surface area contributed by atoms with Crippen molar-refractivity contribution in [2.45, 2.75) is 17.7 Å². The van der Waals surface area contributed by atoms with Gasteiger partial charge in [0.1, 0.15) is 5.82 Å². The molecule has 17 heavy (non-hydrogen) atoms. The molecule has 4 nitrogen and oxygen atoms in total. The second-order valence-electron chi connectivity index (χ2n) is 3.66. The van der Waals surface area contributed by atoms with E-state index in [0.29, 0.717) is 0 Å². The molecule has 1 heterocycles. The van der Waals surface area contributed by atoms with Gasteiger partial charge in [-0.1, -0.05) is 6.07 Å². The van der Waals surface area contributed by atoms with Crippen LogP contribution in [0.5, 0.6) is 0 Å². The third kappa shape index (κ3) is 1.95. The average Bonchev–Trinajstić information content (AvgIpc) is 2.50. The van der Waals surface area contributed by atoms with Crippen LogP contribution in [0.3, 0.4) is 0 Å². The number of rotatable bonds is 3. The van der Waals surface area contributed by atoms with E-state index in [2.05, 4.69) is 0 Å². The lowest BCUT2D eigenvalue weighted by Crippen LogP contribution is -2.03. The summed E-state index contributed by atoms with van der Waals surface area (Å²) >= 11 is 0. The Kier molecular flexibility index (Phi) is 2.74. The molecule has 0 radical (unpaired) electrons. The SMILES string of the molecule is O=C(O)CCC1=Cc2c(F)cccc2S1(=O)=O. The molecule has 0 aliphatic carbocycles. The van der Waals surface area contributed by atoms with Crippen molar-refractivity contribution in [2.24, 2.45) is 0 Å². The van der Waals surface area contributed by atoms with E-state index in [1.165, 1.54) is 24.3 Å². The minimum atomic E-state index is -3.71. The quantitative estimate of drug-likeness (QED) is 0.895. The molecule has 1 aromatic carbocycles. The van der Waals surface area contributed by atoms with Crippen LogP contribution < -0.4 is 0 Å². The molecule has 0 aromatic heterocycles. The standard InChI is InChI=1S/C11H9FO4S/c12-9-2-1-3-10-8(9)6-7(17(10,15)16)4-5-11(13)14/h1-3,6H,4-5H2,(H,13,14). The maximum Gasteiger partial charge on any atom is 0.303 e. The third-order valence-corrected chi connectivity index (χ3v) is 4.49. The molecule has 0 saturated heterocycles. The lowest BCUT2D eigenvalue weighted by atomic mass is 10.2. The molecule has 2 rings (SSSR count). The number of carboxylic acid groups (broad SMARTS) is 1. The number of hydrogen-bond acceptors (Lipinski definition) is 3. The highest BCUT2D eigenvalue weighted by molar-refractivity contribution is 7.95. The molecule has 0 amide bonds. The van der Waals surface area contributed by atoms with Crippen molar-refractivity contribution >= 4 is 21.9 Å². The van der Waals surface area contributed by atoms with Crippen LogP contribution in [0.2, 0.25) is 0 Å². The summed E-state index contributed by atoms with van der Waals surface area (Å²) in [4.78, 5) is 10.3. The van der Waals surface area contributed by atoms with Gasteiger partial charge in [-0.3, -0.25) is 4.79 Å². The van der Waals surface area contributed by atoms with E-state index in [1.54, 1.807) is 0 Å². The summed E-state index contributed by atoms with van der Waals surface area (Å²) < 4.78 is 37.2.